The van der Waals surface area contributed by atoms with Gasteiger partial charge in [0, 0.05) is 47.3 Å². The van der Waals surface area contributed by atoms with E-state index in [0.717, 1.165) is 6.54 Å². The standard InChI is InChI=1S/C29H28N2/c1-29(2,3)24-13-11-23(12-14-24)27-21-31(20-22-9-5-4-6-10-22)28-16-15-25(19-26(27)28)30-17-7-8-18-30/h4-19,21H,20H2,1-3H3. The molecule has 0 aliphatic heterocycles. The Bertz CT molecular complexity index is 1300. The van der Waals surface area contributed by atoms with E-state index >= 15 is 0 Å². The summed E-state index contributed by atoms with van der Waals surface area (Å²) in [7, 11) is 0. The first-order valence-electron chi connectivity index (χ1n) is 10.9. The van der Waals surface area contributed by atoms with Crippen molar-refractivity contribution >= 4 is 10.9 Å². The summed E-state index contributed by atoms with van der Waals surface area (Å²) in [5, 5.41) is 1.28. The fourth-order valence-corrected chi connectivity index (χ4v) is 4.24. The van der Waals surface area contributed by atoms with Crippen LogP contribution in [-0.2, 0) is 12.0 Å². The molecule has 31 heavy (non-hydrogen) atoms. The molecule has 0 amide bonds. The topological polar surface area (TPSA) is 9.86 Å². The Morgan fingerprint density at radius 1 is 0.742 bits per heavy atom. The molecule has 0 N–H and O–H groups in total. The van der Waals surface area contributed by atoms with Crippen molar-refractivity contribution in [3.05, 3.63) is 115 Å². The monoisotopic (exact) mass is 404 g/mol. The van der Waals surface area contributed by atoms with Crippen LogP contribution < -0.4 is 0 Å². The van der Waals surface area contributed by atoms with Gasteiger partial charge in [0.1, 0.15) is 0 Å². The van der Waals surface area contributed by atoms with Crippen molar-refractivity contribution in [1.82, 2.24) is 9.13 Å². The molecule has 0 bridgehead atoms. The van der Waals surface area contributed by atoms with Crippen LogP contribution in [0.2, 0.25) is 0 Å². The quantitative estimate of drug-likeness (QED) is 0.294. The van der Waals surface area contributed by atoms with Crippen molar-refractivity contribution < 1.29 is 0 Å². The molecule has 3 aromatic carbocycles. The highest BCUT2D eigenvalue weighted by Gasteiger charge is 2.15. The lowest BCUT2D eigenvalue weighted by molar-refractivity contribution is 0.590. The zero-order valence-electron chi connectivity index (χ0n) is 18.4. The summed E-state index contributed by atoms with van der Waals surface area (Å²) in [5.41, 5.74) is 7.80. The van der Waals surface area contributed by atoms with E-state index in [-0.39, 0.29) is 5.41 Å². The predicted octanol–water partition coefficient (Wildman–Crippen LogP) is 7.44. The van der Waals surface area contributed by atoms with E-state index in [1.807, 2.05) is 0 Å². The SMILES string of the molecule is CC(C)(C)c1ccc(-c2cn(Cc3ccccc3)c3ccc(-n4cccc4)cc23)cc1. The normalized spacial score (nSPS) is 11.8. The molecule has 0 atom stereocenters. The lowest BCUT2D eigenvalue weighted by Gasteiger charge is -2.19. The molecule has 2 heterocycles. The molecule has 154 valence electrons. The fourth-order valence-electron chi connectivity index (χ4n) is 4.24. The molecule has 0 fully saturated rings. The van der Waals surface area contributed by atoms with Crippen LogP contribution in [0.3, 0.4) is 0 Å². The number of rotatable bonds is 4. The van der Waals surface area contributed by atoms with Gasteiger partial charge in [-0.15, -0.1) is 0 Å². The molecule has 0 aliphatic carbocycles. The number of nitrogens with zero attached hydrogens (tertiary/aromatic N) is 2. The molecule has 0 unspecified atom stereocenters. The first-order chi connectivity index (χ1) is 15.0. The molecule has 0 saturated carbocycles. The number of fused-ring (bicyclic) bond motifs is 1. The van der Waals surface area contributed by atoms with Gasteiger partial charge in [-0.2, -0.15) is 0 Å². The predicted molar refractivity (Wildman–Crippen MR) is 131 cm³/mol. The zero-order chi connectivity index (χ0) is 21.4. The number of benzene rings is 3. The van der Waals surface area contributed by atoms with Gasteiger partial charge in [0.25, 0.3) is 0 Å². The molecule has 0 radical (unpaired) electrons. The third kappa shape index (κ3) is 3.82. The summed E-state index contributed by atoms with van der Waals surface area (Å²) < 4.78 is 4.54. The Morgan fingerprint density at radius 2 is 1.45 bits per heavy atom. The Kier molecular flexibility index (Phi) is 4.78. The van der Waals surface area contributed by atoms with E-state index in [4.69, 9.17) is 0 Å². The zero-order valence-corrected chi connectivity index (χ0v) is 18.4. The molecule has 0 saturated heterocycles. The van der Waals surface area contributed by atoms with Gasteiger partial charge in [-0.25, -0.2) is 0 Å². The second-order valence-corrected chi connectivity index (χ2v) is 9.28. The minimum absolute atomic E-state index is 0.154. The van der Waals surface area contributed by atoms with Crippen molar-refractivity contribution in [2.75, 3.05) is 0 Å². The molecule has 5 rings (SSSR count). The van der Waals surface area contributed by atoms with Crippen LogP contribution in [0.5, 0.6) is 0 Å². The van der Waals surface area contributed by atoms with Gasteiger partial charge in [-0.1, -0.05) is 75.4 Å². The van der Waals surface area contributed by atoms with Crippen molar-refractivity contribution in [1.29, 1.82) is 0 Å². The van der Waals surface area contributed by atoms with Crippen molar-refractivity contribution in [2.24, 2.45) is 0 Å². The van der Waals surface area contributed by atoms with E-state index in [9.17, 15) is 0 Å². The van der Waals surface area contributed by atoms with E-state index in [1.165, 1.54) is 38.8 Å². The van der Waals surface area contributed by atoms with Gasteiger partial charge in [0.2, 0.25) is 0 Å². The fraction of sp³-hybridized carbons (Fsp3) is 0.172. The van der Waals surface area contributed by atoms with Crippen LogP contribution in [0.25, 0.3) is 27.7 Å². The van der Waals surface area contributed by atoms with E-state index < -0.39 is 0 Å². The second-order valence-electron chi connectivity index (χ2n) is 9.28. The number of hydrogen-bond donors (Lipinski definition) is 0. The van der Waals surface area contributed by atoms with Gasteiger partial charge in [0.05, 0.1) is 0 Å². The lowest BCUT2D eigenvalue weighted by Crippen LogP contribution is -2.10. The number of hydrogen-bond acceptors (Lipinski definition) is 0. The van der Waals surface area contributed by atoms with Gasteiger partial charge < -0.3 is 9.13 Å². The second kappa shape index (κ2) is 7.63. The Balaban J connectivity index is 1.65. The first-order valence-corrected chi connectivity index (χ1v) is 10.9. The summed E-state index contributed by atoms with van der Waals surface area (Å²) in [5.74, 6) is 0. The van der Waals surface area contributed by atoms with Gasteiger partial charge in [0.15, 0.2) is 0 Å². The summed E-state index contributed by atoms with van der Waals surface area (Å²) in [4.78, 5) is 0. The molecule has 5 aromatic rings. The van der Waals surface area contributed by atoms with E-state index in [0.29, 0.717) is 0 Å². The molecular weight excluding hydrogens is 376 g/mol. The van der Waals surface area contributed by atoms with Crippen LogP contribution in [-0.4, -0.2) is 9.13 Å². The molecule has 0 spiro atoms. The molecular formula is C29H28N2. The summed E-state index contributed by atoms with van der Waals surface area (Å²) >= 11 is 0. The summed E-state index contributed by atoms with van der Waals surface area (Å²) in [6.45, 7) is 7.64. The molecule has 2 heteroatoms. The molecule has 2 aromatic heterocycles. The van der Waals surface area contributed by atoms with Crippen LogP contribution in [0.15, 0.2) is 104 Å². The molecule has 2 nitrogen and oxygen atoms in total. The highest BCUT2D eigenvalue weighted by molar-refractivity contribution is 5.97. The maximum absolute atomic E-state index is 2.37. The Morgan fingerprint density at radius 3 is 2.13 bits per heavy atom. The van der Waals surface area contributed by atoms with Crippen LogP contribution >= 0.6 is 0 Å². The van der Waals surface area contributed by atoms with Crippen molar-refractivity contribution in [2.45, 2.75) is 32.7 Å². The third-order valence-electron chi connectivity index (χ3n) is 6.02. The molecule has 0 aliphatic rings. The van der Waals surface area contributed by atoms with Gasteiger partial charge in [-0.3, -0.25) is 0 Å². The minimum atomic E-state index is 0.154. The first kappa shape index (κ1) is 19.4. The maximum Gasteiger partial charge on any atom is 0.0491 e. The largest absolute Gasteiger partial charge is 0.342 e. The third-order valence-corrected chi connectivity index (χ3v) is 6.02. The average Bonchev–Trinajstić information content (AvgIpc) is 3.42. The summed E-state index contributed by atoms with van der Waals surface area (Å²) in [6, 6.07) is 30.6. The Hall–Kier alpha value is -3.52. The van der Waals surface area contributed by atoms with Crippen LogP contribution in [0, 0.1) is 0 Å². The van der Waals surface area contributed by atoms with Gasteiger partial charge >= 0.3 is 0 Å². The van der Waals surface area contributed by atoms with E-state index in [1.54, 1.807) is 0 Å². The minimum Gasteiger partial charge on any atom is -0.342 e. The highest BCUT2D eigenvalue weighted by atomic mass is 15.0. The highest BCUT2D eigenvalue weighted by Crippen LogP contribution is 2.34. The van der Waals surface area contributed by atoms with Crippen molar-refractivity contribution in [3.8, 4) is 16.8 Å². The Labute approximate surface area is 184 Å². The van der Waals surface area contributed by atoms with Crippen molar-refractivity contribution in [3.63, 3.8) is 0 Å². The lowest BCUT2D eigenvalue weighted by atomic mass is 9.86. The van der Waals surface area contributed by atoms with E-state index in [2.05, 4.69) is 133 Å². The van der Waals surface area contributed by atoms with Crippen LogP contribution in [0.4, 0.5) is 0 Å². The average molecular weight is 405 g/mol. The summed E-state index contributed by atoms with van der Waals surface area (Å²) in [6.07, 6.45) is 6.50. The maximum atomic E-state index is 2.37. The van der Waals surface area contributed by atoms with Gasteiger partial charge in [-0.05, 0) is 52.4 Å². The van der Waals surface area contributed by atoms with Crippen LogP contribution in [0.1, 0.15) is 31.9 Å². The smallest absolute Gasteiger partial charge is 0.0491 e. The number of aromatic nitrogens is 2.